The number of nitrogens with zero attached hydrogens (tertiary/aromatic N) is 5. The molecule has 4 aromatic rings. The predicted octanol–water partition coefficient (Wildman–Crippen LogP) is 4.49. The minimum atomic E-state index is -4.69. The van der Waals surface area contributed by atoms with Gasteiger partial charge in [-0.1, -0.05) is 0 Å². The number of alkyl halides is 3. The third-order valence-electron chi connectivity index (χ3n) is 3.93. The zero-order chi connectivity index (χ0) is 22.0. The van der Waals surface area contributed by atoms with E-state index < -0.39 is 23.4 Å². The lowest BCUT2D eigenvalue weighted by Crippen LogP contribution is -2.08. The summed E-state index contributed by atoms with van der Waals surface area (Å²) in [5.41, 5.74) is -0.522. The van der Waals surface area contributed by atoms with Crippen LogP contribution in [0, 0.1) is 11.6 Å². The van der Waals surface area contributed by atoms with Crippen LogP contribution in [-0.2, 0) is 6.18 Å². The van der Waals surface area contributed by atoms with E-state index >= 15 is 0 Å². The molecule has 3 aromatic heterocycles. The van der Waals surface area contributed by atoms with Gasteiger partial charge in [0.05, 0.1) is 5.56 Å². The largest absolute Gasteiger partial charge is 0.453 e. The van der Waals surface area contributed by atoms with E-state index in [1.807, 2.05) is 0 Å². The molecule has 0 aliphatic heterocycles. The Kier molecular flexibility index (Phi) is 5.15. The molecule has 2 N–H and O–H groups in total. The number of anilines is 2. The highest BCUT2D eigenvalue weighted by Crippen LogP contribution is 2.36. The third kappa shape index (κ3) is 4.55. The van der Waals surface area contributed by atoms with Crippen LogP contribution in [0.4, 0.5) is 33.6 Å². The zero-order valence-electron chi connectivity index (χ0n) is 15.2. The van der Waals surface area contributed by atoms with Crippen LogP contribution in [0.1, 0.15) is 5.56 Å². The molecule has 0 aliphatic rings. The van der Waals surface area contributed by atoms with Gasteiger partial charge in [0, 0.05) is 24.0 Å². The van der Waals surface area contributed by atoms with Gasteiger partial charge >= 0.3 is 6.18 Å². The number of benzene rings is 1. The number of pyridine rings is 2. The van der Waals surface area contributed by atoms with Crippen molar-refractivity contribution >= 4 is 11.6 Å². The fourth-order valence-corrected chi connectivity index (χ4v) is 2.45. The summed E-state index contributed by atoms with van der Waals surface area (Å²) in [4.78, 5) is 7.87. The van der Waals surface area contributed by atoms with Crippen LogP contribution in [0.25, 0.3) is 11.4 Å². The molecule has 4 rings (SSSR count). The Labute approximate surface area is 170 Å². The first-order valence-corrected chi connectivity index (χ1v) is 8.47. The number of aromatic amines is 1. The summed E-state index contributed by atoms with van der Waals surface area (Å²) < 4.78 is 71.2. The molecule has 0 atom stereocenters. The summed E-state index contributed by atoms with van der Waals surface area (Å²) in [6.45, 7) is 0. The molecule has 3 heterocycles. The summed E-state index contributed by atoms with van der Waals surface area (Å²) in [7, 11) is 0. The zero-order valence-corrected chi connectivity index (χ0v) is 15.2. The van der Waals surface area contributed by atoms with E-state index in [1.165, 1.54) is 12.3 Å². The number of aromatic nitrogens is 6. The molecule has 31 heavy (non-hydrogen) atoms. The van der Waals surface area contributed by atoms with Crippen LogP contribution in [0.5, 0.6) is 11.5 Å². The van der Waals surface area contributed by atoms with Crippen LogP contribution in [0.3, 0.4) is 0 Å². The summed E-state index contributed by atoms with van der Waals surface area (Å²) in [6.07, 6.45) is -2.66. The van der Waals surface area contributed by atoms with Crippen LogP contribution in [0.15, 0.2) is 48.8 Å². The van der Waals surface area contributed by atoms with Crippen molar-refractivity contribution in [1.82, 2.24) is 30.6 Å². The quantitative estimate of drug-likeness (QED) is 0.446. The minimum Gasteiger partial charge on any atom is -0.453 e. The number of hydrogen-bond acceptors (Lipinski definition) is 7. The molecule has 0 aliphatic carbocycles. The Hall–Kier alpha value is -4.16. The molecule has 0 radical (unpaired) electrons. The van der Waals surface area contributed by atoms with Gasteiger partial charge in [-0.15, -0.1) is 5.10 Å². The first-order chi connectivity index (χ1) is 14.8. The molecule has 0 unspecified atom stereocenters. The number of H-pyrrole nitrogens is 1. The molecule has 0 bridgehead atoms. The molecule has 8 nitrogen and oxygen atoms in total. The molecule has 0 amide bonds. The topological polar surface area (TPSA) is 101 Å². The van der Waals surface area contributed by atoms with Gasteiger partial charge in [0.25, 0.3) is 0 Å². The maximum atomic E-state index is 13.5. The molecule has 0 saturated carbocycles. The molecule has 0 fully saturated rings. The Morgan fingerprint density at radius 3 is 2.42 bits per heavy atom. The summed E-state index contributed by atoms with van der Waals surface area (Å²) >= 11 is 0. The van der Waals surface area contributed by atoms with E-state index in [-0.39, 0.29) is 23.1 Å². The average Bonchev–Trinajstić information content (AvgIpc) is 3.27. The highest BCUT2D eigenvalue weighted by Gasteiger charge is 2.32. The SMILES string of the molecule is Fc1ccc(Oc2cc(C(F)(F)F)cnc2Nc2ccc(-c3nnn[nH]3)cn2)cc1F. The Balaban J connectivity index is 1.65. The van der Waals surface area contributed by atoms with E-state index in [0.29, 0.717) is 29.7 Å². The van der Waals surface area contributed by atoms with Crippen molar-refractivity contribution in [3.05, 3.63) is 66.0 Å². The van der Waals surface area contributed by atoms with Crippen molar-refractivity contribution in [1.29, 1.82) is 0 Å². The second-order valence-corrected chi connectivity index (χ2v) is 6.05. The highest BCUT2D eigenvalue weighted by atomic mass is 19.4. The first kappa shape index (κ1) is 20.1. The fraction of sp³-hybridized carbons (Fsp3) is 0.0556. The van der Waals surface area contributed by atoms with Crippen molar-refractivity contribution in [2.75, 3.05) is 5.32 Å². The van der Waals surface area contributed by atoms with Gasteiger partial charge in [-0.3, -0.25) is 0 Å². The minimum absolute atomic E-state index is 0.126. The number of ether oxygens (including phenoxy) is 1. The van der Waals surface area contributed by atoms with Gasteiger partial charge in [0.2, 0.25) is 0 Å². The van der Waals surface area contributed by atoms with E-state index in [1.54, 1.807) is 6.07 Å². The third-order valence-corrected chi connectivity index (χ3v) is 3.93. The normalized spacial score (nSPS) is 11.4. The lowest BCUT2D eigenvalue weighted by molar-refractivity contribution is -0.137. The first-order valence-electron chi connectivity index (χ1n) is 8.47. The molecule has 1 aromatic carbocycles. The maximum absolute atomic E-state index is 13.5. The molecule has 13 heteroatoms. The second-order valence-electron chi connectivity index (χ2n) is 6.05. The van der Waals surface area contributed by atoms with Crippen molar-refractivity contribution < 1.29 is 26.7 Å². The van der Waals surface area contributed by atoms with E-state index in [9.17, 15) is 22.0 Å². The summed E-state index contributed by atoms with van der Waals surface area (Å²) in [5, 5.41) is 15.9. The number of rotatable bonds is 5. The Morgan fingerprint density at radius 2 is 1.77 bits per heavy atom. The van der Waals surface area contributed by atoms with E-state index in [4.69, 9.17) is 4.74 Å². The van der Waals surface area contributed by atoms with Crippen LogP contribution in [-0.4, -0.2) is 30.6 Å². The fourth-order valence-electron chi connectivity index (χ4n) is 2.45. The predicted molar refractivity (Wildman–Crippen MR) is 96.4 cm³/mol. The van der Waals surface area contributed by atoms with Crippen molar-refractivity contribution in [2.24, 2.45) is 0 Å². The molecular weight excluding hydrogens is 425 g/mol. The average molecular weight is 435 g/mol. The number of hydrogen-bond donors (Lipinski definition) is 2. The second kappa shape index (κ2) is 7.93. The van der Waals surface area contributed by atoms with Crippen LogP contribution >= 0.6 is 0 Å². The molecule has 0 spiro atoms. The smallest absolute Gasteiger partial charge is 0.418 e. The van der Waals surface area contributed by atoms with E-state index in [0.717, 1.165) is 12.1 Å². The van der Waals surface area contributed by atoms with Gasteiger partial charge in [0.1, 0.15) is 11.6 Å². The number of tetrazole rings is 1. The highest BCUT2D eigenvalue weighted by molar-refractivity contribution is 5.63. The van der Waals surface area contributed by atoms with Crippen LogP contribution in [0.2, 0.25) is 0 Å². The van der Waals surface area contributed by atoms with Crippen molar-refractivity contribution in [3.63, 3.8) is 0 Å². The van der Waals surface area contributed by atoms with Gasteiger partial charge in [-0.25, -0.2) is 23.8 Å². The van der Waals surface area contributed by atoms with Gasteiger partial charge < -0.3 is 10.1 Å². The molecular formula is C18H10F5N7O. The summed E-state index contributed by atoms with van der Waals surface area (Å²) in [5.74, 6) is -2.47. The van der Waals surface area contributed by atoms with Crippen molar-refractivity contribution in [2.45, 2.75) is 6.18 Å². The lowest BCUT2D eigenvalue weighted by atomic mass is 10.2. The van der Waals surface area contributed by atoms with Crippen molar-refractivity contribution in [3.8, 4) is 22.9 Å². The molecule has 158 valence electrons. The van der Waals surface area contributed by atoms with Gasteiger partial charge in [0.15, 0.2) is 29.0 Å². The maximum Gasteiger partial charge on any atom is 0.418 e. The number of halogens is 5. The lowest BCUT2D eigenvalue weighted by Gasteiger charge is -2.14. The van der Waals surface area contributed by atoms with Gasteiger partial charge in [-0.2, -0.15) is 13.2 Å². The Morgan fingerprint density at radius 1 is 0.935 bits per heavy atom. The molecule has 0 saturated heterocycles. The monoisotopic (exact) mass is 435 g/mol. The number of nitrogens with one attached hydrogen (secondary N) is 2. The summed E-state index contributed by atoms with van der Waals surface area (Å²) in [6, 6.07) is 6.37. The standard InChI is InChI=1S/C18H10F5N7O/c19-12-3-2-11(6-13(12)20)31-14-5-10(18(21,22)23)8-25-17(14)26-15-4-1-9(7-24-15)16-27-29-30-28-16/h1-8H,(H,24,25,26)(H,27,28,29,30). The van der Waals surface area contributed by atoms with Crippen LogP contribution < -0.4 is 10.1 Å². The van der Waals surface area contributed by atoms with Gasteiger partial charge in [-0.05, 0) is 40.8 Å². The Bertz CT molecular complexity index is 1200. The van der Waals surface area contributed by atoms with E-state index in [2.05, 4.69) is 35.9 Å².